The second-order valence-corrected chi connectivity index (χ2v) is 6.12. The molecule has 0 spiro atoms. The van der Waals surface area contributed by atoms with Crippen molar-refractivity contribution in [3.63, 3.8) is 0 Å². The Morgan fingerprint density at radius 2 is 2.00 bits per heavy atom. The predicted octanol–water partition coefficient (Wildman–Crippen LogP) is 3.18. The molecular weight excluding hydrogens is 250 g/mol. The van der Waals surface area contributed by atoms with Crippen LogP contribution in [0.1, 0.15) is 50.5 Å². The lowest BCUT2D eigenvalue weighted by atomic mass is 9.77. The highest BCUT2D eigenvalue weighted by Gasteiger charge is 2.43. The third-order valence-corrected chi connectivity index (χ3v) is 4.95. The van der Waals surface area contributed by atoms with Gasteiger partial charge in [-0.15, -0.1) is 0 Å². The molecule has 0 heterocycles. The van der Waals surface area contributed by atoms with Gasteiger partial charge in [0.15, 0.2) is 0 Å². The molecule has 108 valence electrons. The maximum atomic E-state index is 12.8. The molecule has 0 saturated heterocycles. The molecule has 1 aromatic carbocycles. The Labute approximate surface area is 120 Å². The van der Waals surface area contributed by atoms with E-state index in [1.54, 1.807) is 7.11 Å². The van der Waals surface area contributed by atoms with Gasteiger partial charge in [-0.1, -0.05) is 25.0 Å². The number of methoxy groups -OCH3 is 1. The SMILES string of the molecule is COc1cccc(C2(C(=O)NC3CCC3)CCCC2)c1. The van der Waals surface area contributed by atoms with Crippen molar-refractivity contribution in [2.75, 3.05) is 7.11 Å². The van der Waals surface area contributed by atoms with Crippen molar-refractivity contribution < 1.29 is 9.53 Å². The van der Waals surface area contributed by atoms with E-state index in [9.17, 15) is 4.79 Å². The number of benzene rings is 1. The lowest BCUT2D eigenvalue weighted by Gasteiger charge is -2.34. The highest BCUT2D eigenvalue weighted by molar-refractivity contribution is 5.89. The quantitative estimate of drug-likeness (QED) is 0.915. The normalized spacial score (nSPS) is 21.2. The van der Waals surface area contributed by atoms with Gasteiger partial charge in [-0.2, -0.15) is 0 Å². The summed E-state index contributed by atoms with van der Waals surface area (Å²) >= 11 is 0. The molecule has 1 N–H and O–H groups in total. The molecule has 2 aliphatic rings. The number of nitrogens with one attached hydrogen (secondary N) is 1. The largest absolute Gasteiger partial charge is 0.497 e. The average molecular weight is 273 g/mol. The zero-order valence-electron chi connectivity index (χ0n) is 12.2. The lowest BCUT2D eigenvalue weighted by Crippen LogP contribution is -2.49. The summed E-state index contributed by atoms with van der Waals surface area (Å²) in [7, 11) is 1.68. The maximum Gasteiger partial charge on any atom is 0.230 e. The molecule has 3 nitrogen and oxygen atoms in total. The summed E-state index contributed by atoms with van der Waals surface area (Å²) in [5.74, 6) is 1.07. The minimum absolute atomic E-state index is 0.230. The van der Waals surface area contributed by atoms with Crippen LogP contribution >= 0.6 is 0 Å². The van der Waals surface area contributed by atoms with E-state index in [2.05, 4.69) is 11.4 Å². The first-order chi connectivity index (χ1) is 9.74. The van der Waals surface area contributed by atoms with E-state index in [1.165, 1.54) is 6.42 Å². The van der Waals surface area contributed by atoms with Gasteiger partial charge < -0.3 is 10.1 Å². The first kappa shape index (κ1) is 13.5. The minimum atomic E-state index is -0.329. The van der Waals surface area contributed by atoms with Gasteiger partial charge in [0.05, 0.1) is 12.5 Å². The first-order valence-corrected chi connectivity index (χ1v) is 7.70. The van der Waals surface area contributed by atoms with Gasteiger partial charge >= 0.3 is 0 Å². The van der Waals surface area contributed by atoms with E-state index in [-0.39, 0.29) is 11.3 Å². The number of amides is 1. The van der Waals surface area contributed by atoms with Crippen LogP contribution in [0.25, 0.3) is 0 Å². The van der Waals surface area contributed by atoms with E-state index in [4.69, 9.17) is 4.74 Å². The molecular formula is C17H23NO2. The van der Waals surface area contributed by atoms with Gasteiger partial charge in [0.2, 0.25) is 5.91 Å². The number of hydrogen-bond acceptors (Lipinski definition) is 2. The highest BCUT2D eigenvalue weighted by Crippen LogP contribution is 2.42. The zero-order valence-corrected chi connectivity index (χ0v) is 12.2. The summed E-state index contributed by atoms with van der Waals surface area (Å²) in [5, 5.41) is 3.26. The molecule has 20 heavy (non-hydrogen) atoms. The molecule has 3 heteroatoms. The van der Waals surface area contributed by atoms with Crippen LogP contribution in [0, 0.1) is 0 Å². The summed E-state index contributed by atoms with van der Waals surface area (Å²) in [5.41, 5.74) is 0.788. The van der Waals surface area contributed by atoms with Crippen LogP contribution in [0.3, 0.4) is 0 Å². The molecule has 2 saturated carbocycles. The van der Waals surface area contributed by atoms with Crippen molar-refractivity contribution in [2.24, 2.45) is 0 Å². The summed E-state index contributed by atoms with van der Waals surface area (Å²) in [4.78, 5) is 12.8. The third kappa shape index (κ3) is 2.30. The van der Waals surface area contributed by atoms with Crippen LogP contribution in [0.15, 0.2) is 24.3 Å². The molecule has 0 bridgehead atoms. The highest BCUT2D eigenvalue weighted by atomic mass is 16.5. The van der Waals surface area contributed by atoms with Gasteiger partial charge in [-0.25, -0.2) is 0 Å². The number of rotatable bonds is 4. The van der Waals surface area contributed by atoms with Gasteiger partial charge in [0.25, 0.3) is 0 Å². The Balaban J connectivity index is 1.87. The number of ether oxygens (including phenoxy) is 1. The van der Waals surface area contributed by atoms with E-state index < -0.39 is 0 Å². The van der Waals surface area contributed by atoms with Crippen LogP contribution in [0.4, 0.5) is 0 Å². The number of hydrogen-bond donors (Lipinski definition) is 1. The Hall–Kier alpha value is -1.51. The van der Waals surface area contributed by atoms with Crippen molar-refractivity contribution in [2.45, 2.75) is 56.4 Å². The molecule has 2 fully saturated rings. The average Bonchev–Trinajstić information content (AvgIpc) is 2.93. The summed E-state index contributed by atoms with van der Waals surface area (Å²) in [6, 6.07) is 8.45. The van der Waals surface area contributed by atoms with Crippen molar-refractivity contribution in [3.05, 3.63) is 29.8 Å². The van der Waals surface area contributed by atoms with Gasteiger partial charge in [0, 0.05) is 6.04 Å². The topological polar surface area (TPSA) is 38.3 Å². The Morgan fingerprint density at radius 3 is 2.60 bits per heavy atom. The molecule has 0 unspecified atom stereocenters. The van der Waals surface area contributed by atoms with Gasteiger partial charge in [-0.3, -0.25) is 4.79 Å². The molecule has 0 atom stereocenters. The molecule has 0 aromatic heterocycles. The van der Waals surface area contributed by atoms with E-state index in [1.807, 2.05) is 18.2 Å². The summed E-state index contributed by atoms with van der Waals surface area (Å²) in [6.45, 7) is 0. The van der Waals surface area contributed by atoms with Crippen LogP contribution in [0.5, 0.6) is 5.75 Å². The molecule has 0 radical (unpaired) electrons. The van der Waals surface area contributed by atoms with Crippen LogP contribution in [0.2, 0.25) is 0 Å². The standard InChI is InChI=1S/C17H23NO2/c1-20-15-9-4-6-13(12-15)17(10-2-3-11-17)16(19)18-14-7-5-8-14/h4,6,9,12,14H,2-3,5,7-8,10-11H2,1H3,(H,18,19). The fraction of sp³-hybridized carbons (Fsp3) is 0.588. The van der Waals surface area contributed by atoms with Gasteiger partial charge in [-0.05, 0) is 49.8 Å². The zero-order chi connectivity index (χ0) is 14.0. The van der Waals surface area contributed by atoms with E-state index in [0.717, 1.165) is 49.8 Å². The maximum absolute atomic E-state index is 12.8. The molecule has 2 aliphatic carbocycles. The molecule has 1 aromatic rings. The third-order valence-electron chi connectivity index (χ3n) is 4.95. The van der Waals surface area contributed by atoms with E-state index in [0.29, 0.717) is 6.04 Å². The first-order valence-electron chi connectivity index (χ1n) is 7.70. The van der Waals surface area contributed by atoms with Crippen LogP contribution < -0.4 is 10.1 Å². The Kier molecular flexibility index (Phi) is 3.68. The molecule has 0 aliphatic heterocycles. The second-order valence-electron chi connectivity index (χ2n) is 6.12. The predicted molar refractivity (Wildman–Crippen MR) is 78.9 cm³/mol. The molecule has 3 rings (SSSR count). The Bertz CT molecular complexity index is 488. The second kappa shape index (κ2) is 5.47. The van der Waals surface area contributed by atoms with Crippen molar-refractivity contribution >= 4 is 5.91 Å². The monoisotopic (exact) mass is 273 g/mol. The number of carbonyl (C=O) groups is 1. The van der Waals surface area contributed by atoms with Crippen molar-refractivity contribution in [1.29, 1.82) is 0 Å². The number of carbonyl (C=O) groups excluding carboxylic acids is 1. The van der Waals surface area contributed by atoms with Gasteiger partial charge in [0.1, 0.15) is 5.75 Å². The fourth-order valence-electron chi connectivity index (χ4n) is 3.42. The van der Waals surface area contributed by atoms with Crippen LogP contribution in [-0.2, 0) is 10.2 Å². The van der Waals surface area contributed by atoms with Crippen molar-refractivity contribution in [1.82, 2.24) is 5.32 Å². The minimum Gasteiger partial charge on any atom is -0.497 e. The fourth-order valence-corrected chi connectivity index (χ4v) is 3.42. The summed E-state index contributed by atoms with van der Waals surface area (Å²) < 4.78 is 5.32. The Morgan fingerprint density at radius 1 is 1.25 bits per heavy atom. The van der Waals surface area contributed by atoms with Crippen molar-refractivity contribution in [3.8, 4) is 5.75 Å². The summed E-state index contributed by atoms with van der Waals surface area (Å²) in [6.07, 6.45) is 7.71. The smallest absolute Gasteiger partial charge is 0.230 e. The lowest BCUT2D eigenvalue weighted by molar-refractivity contribution is -0.128. The molecule has 1 amide bonds. The van der Waals surface area contributed by atoms with E-state index >= 15 is 0 Å². The van der Waals surface area contributed by atoms with Crippen LogP contribution in [-0.4, -0.2) is 19.1 Å².